The average Bonchev–Trinajstić information content (AvgIpc) is 3.23. The van der Waals surface area contributed by atoms with Crippen LogP contribution in [0.25, 0.3) is 0 Å². The SMILES string of the molecule is COc1ccc(CCN2CC(NC(=O)c3ccc[nH]3)CC2=O)cc1. The minimum Gasteiger partial charge on any atom is -0.497 e. The van der Waals surface area contributed by atoms with Gasteiger partial charge in [0.2, 0.25) is 5.91 Å². The highest BCUT2D eigenvalue weighted by atomic mass is 16.5. The van der Waals surface area contributed by atoms with Gasteiger partial charge >= 0.3 is 0 Å². The molecule has 1 aliphatic rings. The van der Waals surface area contributed by atoms with E-state index < -0.39 is 0 Å². The van der Waals surface area contributed by atoms with Gasteiger partial charge in [0.15, 0.2) is 0 Å². The Morgan fingerprint density at radius 1 is 1.33 bits per heavy atom. The largest absolute Gasteiger partial charge is 0.497 e. The van der Waals surface area contributed by atoms with E-state index in [2.05, 4.69) is 10.3 Å². The molecule has 3 rings (SSSR count). The first-order valence-corrected chi connectivity index (χ1v) is 8.00. The van der Waals surface area contributed by atoms with Crippen molar-refractivity contribution in [3.63, 3.8) is 0 Å². The van der Waals surface area contributed by atoms with Crippen molar-refractivity contribution in [2.45, 2.75) is 18.9 Å². The third kappa shape index (κ3) is 3.76. The molecule has 126 valence electrons. The number of likely N-dealkylation sites (tertiary alicyclic amines) is 1. The number of H-pyrrole nitrogens is 1. The van der Waals surface area contributed by atoms with Crippen LogP contribution in [0, 0.1) is 0 Å². The third-order valence-corrected chi connectivity index (χ3v) is 4.22. The van der Waals surface area contributed by atoms with Crippen LogP contribution in [0.2, 0.25) is 0 Å². The molecule has 2 N–H and O–H groups in total. The van der Waals surface area contributed by atoms with Crippen LogP contribution >= 0.6 is 0 Å². The smallest absolute Gasteiger partial charge is 0.267 e. The van der Waals surface area contributed by atoms with Gasteiger partial charge in [0, 0.05) is 25.7 Å². The summed E-state index contributed by atoms with van der Waals surface area (Å²) < 4.78 is 5.14. The predicted octanol–water partition coefficient (Wildman–Crippen LogP) is 1.60. The number of carbonyl (C=O) groups excluding carboxylic acids is 2. The number of hydrogen-bond donors (Lipinski definition) is 2. The molecular formula is C18H21N3O3. The highest BCUT2D eigenvalue weighted by Gasteiger charge is 2.30. The normalized spacial score (nSPS) is 17.1. The topological polar surface area (TPSA) is 74.4 Å². The summed E-state index contributed by atoms with van der Waals surface area (Å²) in [5.74, 6) is 0.734. The van der Waals surface area contributed by atoms with E-state index in [-0.39, 0.29) is 17.9 Å². The van der Waals surface area contributed by atoms with Crippen molar-refractivity contribution in [1.82, 2.24) is 15.2 Å². The van der Waals surface area contributed by atoms with Gasteiger partial charge < -0.3 is 19.9 Å². The molecule has 0 radical (unpaired) electrons. The molecular weight excluding hydrogens is 306 g/mol. The Morgan fingerprint density at radius 2 is 2.12 bits per heavy atom. The van der Waals surface area contributed by atoms with Gasteiger partial charge in [-0.15, -0.1) is 0 Å². The van der Waals surface area contributed by atoms with E-state index in [1.54, 1.807) is 25.4 Å². The fourth-order valence-corrected chi connectivity index (χ4v) is 2.88. The number of ether oxygens (including phenoxy) is 1. The molecule has 24 heavy (non-hydrogen) atoms. The highest BCUT2D eigenvalue weighted by Crippen LogP contribution is 2.15. The van der Waals surface area contributed by atoms with Gasteiger partial charge in [0.05, 0.1) is 13.2 Å². The van der Waals surface area contributed by atoms with E-state index in [0.717, 1.165) is 17.7 Å². The predicted molar refractivity (Wildman–Crippen MR) is 89.9 cm³/mol. The van der Waals surface area contributed by atoms with Crippen LogP contribution in [0.5, 0.6) is 5.75 Å². The lowest BCUT2D eigenvalue weighted by Gasteiger charge is -2.17. The van der Waals surface area contributed by atoms with Crippen LogP contribution in [-0.2, 0) is 11.2 Å². The van der Waals surface area contributed by atoms with Crippen molar-refractivity contribution in [1.29, 1.82) is 0 Å². The van der Waals surface area contributed by atoms with Crippen molar-refractivity contribution >= 4 is 11.8 Å². The summed E-state index contributed by atoms with van der Waals surface area (Å²) in [7, 11) is 1.64. The second kappa shape index (κ2) is 7.21. The fraction of sp³-hybridized carbons (Fsp3) is 0.333. The van der Waals surface area contributed by atoms with Crippen molar-refractivity contribution in [3.8, 4) is 5.75 Å². The molecule has 6 nitrogen and oxygen atoms in total. The molecule has 1 atom stereocenters. The molecule has 0 aliphatic carbocycles. The van der Waals surface area contributed by atoms with Crippen LogP contribution in [0.15, 0.2) is 42.6 Å². The number of aromatic nitrogens is 1. The number of rotatable bonds is 6. The van der Waals surface area contributed by atoms with Gasteiger partial charge in [-0.1, -0.05) is 12.1 Å². The molecule has 0 saturated carbocycles. The standard InChI is InChI=1S/C18H21N3O3/c1-24-15-6-4-13(5-7-15)8-10-21-12-14(11-17(21)22)20-18(23)16-3-2-9-19-16/h2-7,9,14,19H,8,10-12H2,1H3,(H,20,23). The number of methoxy groups -OCH3 is 1. The molecule has 2 aromatic rings. The van der Waals surface area contributed by atoms with E-state index in [0.29, 0.717) is 25.2 Å². The molecule has 1 fully saturated rings. The number of nitrogens with zero attached hydrogens (tertiary/aromatic N) is 1. The maximum Gasteiger partial charge on any atom is 0.267 e. The molecule has 1 saturated heterocycles. The van der Waals surface area contributed by atoms with Gasteiger partial charge in [-0.05, 0) is 36.2 Å². The molecule has 0 spiro atoms. The first-order valence-electron chi connectivity index (χ1n) is 8.00. The number of hydrogen-bond acceptors (Lipinski definition) is 3. The second-order valence-corrected chi connectivity index (χ2v) is 5.90. The van der Waals surface area contributed by atoms with Crippen LogP contribution < -0.4 is 10.1 Å². The zero-order valence-electron chi connectivity index (χ0n) is 13.6. The molecule has 1 aromatic heterocycles. The Balaban J connectivity index is 1.50. The monoisotopic (exact) mass is 327 g/mol. The number of benzene rings is 1. The van der Waals surface area contributed by atoms with E-state index in [9.17, 15) is 9.59 Å². The summed E-state index contributed by atoms with van der Waals surface area (Å²) >= 11 is 0. The third-order valence-electron chi connectivity index (χ3n) is 4.22. The van der Waals surface area contributed by atoms with Crippen LogP contribution in [0.1, 0.15) is 22.5 Å². The quantitative estimate of drug-likeness (QED) is 0.846. The lowest BCUT2D eigenvalue weighted by atomic mass is 10.1. The average molecular weight is 327 g/mol. The zero-order chi connectivity index (χ0) is 16.9. The Hall–Kier alpha value is -2.76. The number of amides is 2. The number of nitrogens with one attached hydrogen (secondary N) is 2. The van der Waals surface area contributed by atoms with Crippen molar-refractivity contribution < 1.29 is 14.3 Å². The maximum atomic E-state index is 12.1. The van der Waals surface area contributed by atoms with Gasteiger partial charge in [0.1, 0.15) is 11.4 Å². The molecule has 6 heteroatoms. The van der Waals surface area contributed by atoms with Gasteiger partial charge in [0.25, 0.3) is 5.91 Å². The first-order chi connectivity index (χ1) is 11.7. The van der Waals surface area contributed by atoms with Crippen molar-refractivity contribution in [2.24, 2.45) is 0 Å². The summed E-state index contributed by atoms with van der Waals surface area (Å²) in [4.78, 5) is 28.8. The summed E-state index contributed by atoms with van der Waals surface area (Å²) in [5, 5.41) is 2.91. The minimum atomic E-state index is -0.171. The van der Waals surface area contributed by atoms with Gasteiger partial charge in [-0.3, -0.25) is 9.59 Å². The summed E-state index contributed by atoms with van der Waals surface area (Å²) in [6.07, 6.45) is 2.85. The Bertz CT molecular complexity index is 695. The van der Waals surface area contributed by atoms with E-state index in [4.69, 9.17) is 4.74 Å². The molecule has 1 aromatic carbocycles. The Morgan fingerprint density at radius 3 is 2.79 bits per heavy atom. The zero-order valence-corrected chi connectivity index (χ0v) is 13.6. The number of aromatic amines is 1. The van der Waals surface area contributed by atoms with Crippen molar-refractivity contribution in [3.05, 3.63) is 53.9 Å². The van der Waals surface area contributed by atoms with Crippen LogP contribution in [0.4, 0.5) is 0 Å². The summed E-state index contributed by atoms with van der Waals surface area (Å²) in [6, 6.07) is 11.2. The molecule has 1 aliphatic heterocycles. The highest BCUT2D eigenvalue weighted by molar-refractivity contribution is 5.93. The van der Waals surface area contributed by atoms with E-state index in [1.807, 2.05) is 29.2 Å². The molecule has 1 unspecified atom stereocenters. The van der Waals surface area contributed by atoms with E-state index in [1.165, 1.54) is 0 Å². The van der Waals surface area contributed by atoms with Crippen LogP contribution in [0.3, 0.4) is 0 Å². The second-order valence-electron chi connectivity index (χ2n) is 5.90. The Labute approximate surface area is 140 Å². The fourth-order valence-electron chi connectivity index (χ4n) is 2.88. The van der Waals surface area contributed by atoms with Crippen molar-refractivity contribution in [2.75, 3.05) is 20.2 Å². The first kappa shape index (κ1) is 16.1. The summed E-state index contributed by atoms with van der Waals surface area (Å²) in [5.41, 5.74) is 1.67. The molecule has 2 amide bonds. The Kier molecular flexibility index (Phi) is 4.84. The van der Waals surface area contributed by atoms with Gasteiger partial charge in [-0.25, -0.2) is 0 Å². The van der Waals surface area contributed by atoms with E-state index >= 15 is 0 Å². The van der Waals surface area contributed by atoms with Gasteiger partial charge in [-0.2, -0.15) is 0 Å². The van der Waals surface area contributed by atoms with Crippen LogP contribution in [-0.4, -0.2) is 47.9 Å². The maximum absolute atomic E-state index is 12.1. The molecule has 2 heterocycles. The lowest BCUT2D eigenvalue weighted by Crippen LogP contribution is -2.37. The molecule has 0 bridgehead atoms. The number of carbonyl (C=O) groups is 2. The minimum absolute atomic E-state index is 0.0836. The lowest BCUT2D eigenvalue weighted by molar-refractivity contribution is -0.127. The summed E-state index contributed by atoms with van der Waals surface area (Å²) in [6.45, 7) is 1.21.